The first-order valence-corrected chi connectivity index (χ1v) is 12.7. The molecule has 4 rings (SSSR count). The van der Waals surface area contributed by atoms with E-state index in [0.717, 1.165) is 17.3 Å². The Morgan fingerprint density at radius 2 is 1.70 bits per heavy atom. The van der Waals surface area contributed by atoms with Gasteiger partial charge < -0.3 is 48.0 Å². The summed E-state index contributed by atoms with van der Waals surface area (Å²) in [4.78, 5) is 26.2. The van der Waals surface area contributed by atoms with Crippen molar-refractivity contribution in [2.24, 2.45) is 5.92 Å². The molecule has 2 aliphatic heterocycles. The Bertz CT molecular complexity index is 1100. The largest absolute Gasteiger partial charge is 1.00 e. The summed E-state index contributed by atoms with van der Waals surface area (Å²) in [5.41, 5.74) is 1.24. The molecule has 3 atom stereocenters. The minimum atomic E-state index is -0.537. The van der Waals surface area contributed by atoms with E-state index < -0.39 is 5.97 Å². The van der Waals surface area contributed by atoms with Gasteiger partial charge in [-0.05, 0) is 61.6 Å². The van der Waals surface area contributed by atoms with Gasteiger partial charge in [-0.2, -0.15) is 0 Å². The highest BCUT2D eigenvalue weighted by Crippen LogP contribution is 2.36. The lowest BCUT2D eigenvalue weighted by Crippen LogP contribution is -3.00. The van der Waals surface area contributed by atoms with Gasteiger partial charge in [0.1, 0.15) is 12.3 Å². The average Bonchev–Trinajstić information content (AvgIpc) is 2.91. The molecule has 2 aromatic rings. The van der Waals surface area contributed by atoms with Crippen molar-refractivity contribution in [1.29, 1.82) is 0 Å². The normalized spacial score (nSPS) is 23.2. The average molecular weight is 621 g/mol. The molecule has 1 amide bonds. The van der Waals surface area contributed by atoms with Crippen molar-refractivity contribution >= 4 is 18.0 Å². The minimum Gasteiger partial charge on any atom is -1.00 e. The van der Waals surface area contributed by atoms with Crippen LogP contribution in [0.1, 0.15) is 48.0 Å². The molecule has 0 bridgehead atoms. The fourth-order valence-corrected chi connectivity index (χ4v) is 5.73. The molecule has 0 saturated carbocycles. The number of hydrogen-bond donors (Lipinski definition) is 1. The Kier molecular flexibility index (Phi) is 10.4. The summed E-state index contributed by atoms with van der Waals surface area (Å²) in [6, 6.07) is 14.7. The van der Waals surface area contributed by atoms with Crippen molar-refractivity contribution in [2.45, 2.75) is 38.1 Å². The van der Waals surface area contributed by atoms with E-state index in [4.69, 9.17) is 14.2 Å². The second kappa shape index (κ2) is 13.3. The molecule has 2 saturated heterocycles. The first kappa shape index (κ1) is 29.0. The number of rotatable bonds is 8. The Morgan fingerprint density at radius 3 is 2.43 bits per heavy atom. The summed E-state index contributed by atoms with van der Waals surface area (Å²) in [7, 11) is 5.47. The van der Waals surface area contributed by atoms with Gasteiger partial charge in [0, 0.05) is 17.9 Å². The number of piperidine rings is 2. The van der Waals surface area contributed by atoms with E-state index in [2.05, 4.69) is 12.4 Å². The fourth-order valence-electron chi connectivity index (χ4n) is 5.73. The zero-order valence-corrected chi connectivity index (χ0v) is 24.0. The summed E-state index contributed by atoms with van der Waals surface area (Å²) in [6.07, 6.45) is 7.51. The molecule has 0 aliphatic carbocycles. The van der Waals surface area contributed by atoms with Gasteiger partial charge in [-0.25, -0.2) is 4.79 Å². The maximum absolute atomic E-state index is 13.3. The van der Waals surface area contributed by atoms with Crippen LogP contribution >= 0.6 is 0 Å². The van der Waals surface area contributed by atoms with E-state index in [9.17, 15) is 9.59 Å². The molecular weight excluding hydrogens is 583 g/mol. The maximum Gasteiger partial charge on any atom is 0.354 e. The summed E-state index contributed by atoms with van der Waals surface area (Å²) in [6.45, 7) is 2.77. The Hall–Kier alpha value is -2.59. The molecule has 2 heterocycles. The summed E-state index contributed by atoms with van der Waals surface area (Å²) >= 11 is 0. The molecule has 2 fully saturated rings. The van der Waals surface area contributed by atoms with E-state index in [1.807, 2.05) is 6.07 Å². The van der Waals surface area contributed by atoms with Crippen LogP contribution < -0.4 is 38.8 Å². The van der Waals surface area contributed by atoms with Gasteiger partial charge in [0.05, 0.1) is 40.4 Å². The number of carbonyl (C=O) groups is 2. The van der Waals surface area contributed by atoms with Crippen molar-refractivity contribution in [1.82, 2.24) is 5.32 Å². The van der Waals surface area contributed by atoms with E-state index in [-0.39, 0.29) is 35.6 Å². The number of nitrogens with one attached hydrogen (secondary N) is 1. The zero-order valence-electron chi connectivity index (χ0n) is 21.9. The number of halogens is 1. The summed E-state index contributed by atoms with van der Waals surface area (Å²) in [5, 5.41) is 2.77. The monoisotopic (exact) mass is 620 g/mol. The smallest absolute Gasteiger partial charge is 0.354 e. The van der Waals surface area contributed by atoms with Crippen LogP contribution in [-0.2, 0) is 9.53 Å². The lowest BCUT2D eigenvalue weighted by molar-refractivity contribution is -0.947. The van der Waals surface area contributed by atoms with Gasteiger partial charge in [0.2, 0.25) is 0 Å². The Labute approximate surface area is 236 Å². The quantitative estimate of drug-likeness (QED) is 0.210. The number of amides is 1. The van der Waals surface area contributed by atoms with Crippen molar-refractivity contribution in [3.8, 4) is 11.5 Å². The number of ether oxygens (including phenoxy) is 3. The molecule has 37 heavy (non-hydrogen) atoms. The van der Waals surface area contributed by atoms with Crippen LogP contribution in [0.15, 0.2) is 54.2 Å². The van der Waals surface area contributed by atoms with Gasteiger partial charge in [0.15, 0.2) is 11.5 Å². The third-order valence-electron chi connectivity index (χ3n) is 7.66. The van der Waals surface area contributed by atoms with E-state index in [1.54, 1.807) is 62.8 Å². The number of benzene rings is 2. The Balaban J connectivity index is 0.00000380. The predicted molar refractivity (Wildman–Crippen MR) is 139 cm³/mol. The standard InChI is InChI=1S/C29H36N2O5.HI/c1-31-16-8-7-13-25(31)23(12-9-17-31)20-36-29(33)24(30-28(32)22-10-5-4-6-11-22)18-21-14-15-26(34-2)27(19-21)35-3;/h4-6,10-11,14-15,18-19,23,25H,7-9,12-13,16-17,20H2,1-3H3;1H/t23-,25?,31?;/m0./s1. The van der Waals surface area contributed by atoms with Crippen molar-refractivity contribution in [2.75, 3.05) is 41.0 Å². The lowest BCUT2D eigenvalue weighted by Gasteiger charge is -2.51. The number of methoxy groups -OCH3 is 2. The molecule has 0 radical (unpaired) electrons. The third-order valence-corrected chi connectivity index (χ3v) is 7.66. The van der Waals surface area contributed by atoms with Crippen LogP contribution in [0.3, 0.4) is 0 Å². The molecule has 1 N–H and O–H groups in total. The van der Waals surface area contributed by atoms with Crippen LogP contribution in [0.2, 0.25) is 0 Å². The van der Waals surface area contributed by atoms with Crippen LogP contribution in [0.4, 0.5) is 0 Å². The van der Waals surface area contributed by atoms with Crippen molar-refractivity contribution in [3.63, 3.8) is 0 Å². The van der Waals surface area contributed by atoms with E-state index >= 15 is 0 Å². The number of hydrogen-bond acceptors (Lipinski definition) is 5. The highest BCUT2D eigenvalue weighted by atomic mass is 127. The van der Waals surface area contributed by atoms with Crippen molar-refractivity contribution in [3.05, 3.63) is 65.4 Å². The number of esters is 1. The van der Waals surface area contributed by atoms with Crippen LogP contribution in [0.5, 0.6) is 11.5 Å². The van der Waals surface area contributed by atoms with Crippen LogP contribution in [-0.4, -0.2) is 63.4 Å². The molecule has 0 spiro atoms. The van der Waals surface area contributed by atoms with E-state index in [0.29, 0.717) is 41.2 Å². The third kappa shape index (κ3) is 7.04. The van der Waals surface area contributed by atoms with Gasteiger partial charge in [0.25, 0.3) is 5.91 Å². The number of fused-ring (bicyclic) bond motifs is 1. The zero-order chi connectivity index (χ0) is 25.5. The fraction of sp³-hybridized carbons (Fsp3) is 0.448. The maximum atomic E-state index is 13.3. The topological polar surface area (TPSA) is 73.9 Å². The second-order valence-electron chi connectivity index (χ2n) is 9.98. The molecule has 8 heteroatoms. The van der Waals surface area contributed by atoms with Crippen molar-refractivity contribution < 1.29 is 52.3 Å². The number of nitrogens with zero attached hydrogens (tertiary/aromatic N) is 1. The first-order chi connectivity index (χ1) is 17.4. The second-order valence-corrected chi connectivity index (χ2v) is 9.98. The molecule has 7 nitrogen and oxygen atoms in total. The summed E-state index contributed by atoms with van der Waals surface area (Å²) < 4.78 is 17.7. The molecule has 0 aromatic heterocycles. The predicted octanol–water partition coefficient (Wildman–Crippen LogP) is 1.43. The molecule has 2 unspecified atom stereocenters. The first-order valence-electron chi connectivity index (χ1n) is 12.7. The molecule has 2 aromatic carbocycles. The van der Waals surface area contributed by atoms with Gasteiger partial charge in [-0.1, -0.05) is 24.3 Å². The number of carbonyl (C=O) groups excluding carboxylic acids is 2. The highest BCUT2D eigenvalue weighted by Gasteiger charge is 2.44. The summed E-state index contributed by atoms with van der Waals surface area (Å²) in [5.74, 6) is 0.543. The van der Waals surface area contributed by atoms with E-state index in [1.165, 1.54) is 32.4 Å². The highest BCUT2D eigenvalue weighted by molar-refractivity contribution is 6.03. The molecular formula is C29H37IN2O5. The number of quaternary nitrogens is 1. The SMILES string of the molecule is COc1ccc(C=C(NC(=O)c2ccccc2)C(=O)OC[C@@H]2CCC[N+]3(C)CCCCC23)cc1OC.[I-]. The van der Waals surface area contributed by atoms with Crippen LogP contribution in [0, 0.1) is 5.92 Å². The molecule has 2 aliphatic rings. The van der Waals surface area contributed by atoms with Gasteiger partial charge in [-0.3, -0.25) is 4.79 Å². The lowest BCUT2D eigenvalue weighted by atomic mass is 9.82. The minimum absolute atomic E-state index is 0. The van der Waals surface area contributed by atoms with Crippen LogP contribution in [0.25, 0.3) is 6.08 Å². The molecule has 200 valence electrons. The van der Waals surface area contributed by atoms with Gasteiger partial charge >= 0.3 is 5.97 Å². The van der Waals surface area contributed by atoms with Gasteiger partial charge in [-0.15, -0.1) is 0 Å². The Morgan fingerprint density at radius 1 is 0.973 bits per heavy atom.